The third-order valence-corrected chi connectivity index (χ3v) is 6.23. The third-order valence-electron chi connectivity index (χ3n) is 6.23. The molecule has 0 radical (unpaired) electrons. The van der Waals surface area contributed by atoms with Gasteiger partial charge in [0.15, 0.2) is 0 Å². The van der Waals surface area contributed by atoms with Crippen molar-refractivity contribution >= 4 is 11.8 Å². The van der Waals surface area contributed by atoms with E-state index in [0.717, 1.165) is 77.5 Å². The largest absolute Gasteiger partial charge is 0.343 e. The lowest BCUT2D eigenvalue weighted by Crippen LogP contribution is -2.47. The van der Waals surface area contributed by atoms with Gasteiger partial charge < -0.3 is 15.5 Å². The van der Waals surface area contributed by atoms with Gasteiger partial charge >= 0.3 is 0 Å². The van der Waals surface area contributed by atoms with Crippen molar-refractivity contribution in [3.8, 4) is 0 Å². The van der Waals surface area contributed by atoms with E-state index in [1.807, 2.05) is 9.80 Å². The molecule has 2 amide bonds. The summed E-state index contributed by atoms with van der Waals surface area (Å²) in [7, 11) is 0. The molecule has 24 heavy (non-hydrogen) atoms. The molecule has 0 aromatic rings. The van der Waals surface area contributed by atoms with Crippen molar-refractivity contribution < 1.29 is 9.59 Å². The zero-order valence-electron chi connectivity index (χ0n) is 14.9. The van der Waals surface area contributed by atoms with Gasteiger partial charge in [0.05, 0.1) is 5.92 Å². The molecule has 3 fully saturated rings. The first kappa shape index (κ1) is 17.7. The Labute approximate surface area is 145 Å². The fourth-order valence-corrected chi connectivity index (χ4v) is 4.58. The maximum atomic E-state index is 12.8. The van der Waals surface area contributed by atoms with Crippen LogP contribution in [-0.4, -0.2) is 53.8 Å². The fourth-order valence-electron chi connectivity index (χ4n) is 4.58. The number of hydrogen-bond donors (Lipinski definition) is 1. The minimum atomic E-state index is 0.0234. The smallest absolute Gasteiger partial charge is 0.227 e. The van der Waals surface area contributed by atoms with Crippen molar-refractivity contribution in [2.75, 3.05) is 26.2 Å². The van der Waals surface area contributed by atoms with Crippen LogP contribution in [0.15, 0.2) is 0 Å². The lowest BCUT2D eigenvalue weighted by molar-refractivity contribution is -0.138. The number of nitrogens with zero attached hydrogens (tertiary/aromatic N) is 2. The van der Waals surface area contributed by atoms with Gasteiger partial charge in [-0.2, -0.15) is 0 Å². The van der Waals surface area contributed by atoms with Gasteiger partial charge in [-0.05, 0) is 44.4 Å². The molecule has 2 saturated heterocycles. The zero-order chi connectivity index (χ0) is 16.9. The minimum Gasteiger partial charge on any atom is -0.343 e. The number of carbonyl (C=O) groups excluding carboxylic acids is 2. The molecule has 1 saturated carbocycles. The van der Waals surface area contributed by atoms with Crippen LogP contribution in [0, 0.1) is 11.8 Å². The molecule has 0 bridgehead atoms. The summed E-state index contributed by atoms with van der Waals surface area (Å²) in [6, 6.07) is 0.0365. The van der Waals surface area contributed by atoms with Gasteiger partial charge in [-0.25, -0.2) is 0 Å². The predicted molar refractivity (Wildman–Crippen MR) is 94.3 cm³/mol. The molecule has 2 aliphatic heterocycles. The summed E-state index contributed by atoms with van der Waals surface area (Å²) >= 11 is 0. The highest BCUT2D eigenvalue weighted by Gasteiger charge is 2.33. The molecular formula is C19H33N3O2. The number of amides is 2. The predicted octanol–water partition coefficient (Wildman–Crippen LogP) is 2.15. The summed E-state index contributed by atoms with van der Waals surface area (Å²) in [5.74, 6) is 1.07. The van der Waals surface area contributed by atoms with Gasteiger partial charge in [0.2, 0.25) is 11.8 Å². The number of rotatable bonds is 3. The van der Waals surface area contributed by atoms with Crippen molar-refractivity contribution in [2.24, 2.45) is 17.6 Å². The molecule has 0 unspecified atom stereocenters. The van der Waals surface area contributed by atoms with E-state index in [2.05, 4.69) is 0 Å². The summed E-state index contributed by atoms with van der Waals surface area (Å²) in [6.45, 7) is 3.49. The standard InChI is InChI=1S/C19H33N3O2/c20-17-7-3-1-2-6-16(17)19(24)22-12-8-15(9-13-22)14-18(23)21-10-4-5-11-21/h15-17H,1-14,20H2/t16-,17-/m0/s1. The molecule has 0 aromatic carbocycles. The molecule has 136 valence electrons. The number of nitrogens with two attached hydrogens (primary N) is 1. The molecule has 2 heterocycles. The van der Waals surface area contributed by atoms with Crippen molar-refractivity contribution in [1.82, 2.24) is 9.80 Å². The van der Waals surface area contributed by atoms with E-state index in [9.17, 15) is 9.59 Å². The molecule has 0 aromatic heterocycles. The molecule has 3 rings (SSSR count). The first-order valence-corrected chi connectivity index (χ1v) is 9.97. The second-order valence-corrected chi connectivity index (χ2v) is 7.97. The molecule has 0 spiro atoms. The molecule has 2 atom stereocenters. The maximum absolute atomic E-state index is 12.8. The Bertz CT molecular complexity index is 440. The summed E-state index contributed by atoms with van der Waals surface area (Å²) < 4.78 is 0. The van der Waals surface area contributed by atoms with Crippen LogP contribution in [-0.2, 0) is 9.59 Å². The van der Waals surface area contributed by atoms with E-state index < -0.39 is 0 Å². The average molecular weight is 335 g/mol. The maximum Gasteiger partial charge on any atom is 0.227 e. The van der Waals surface area contributed by atoms with Crippen LogP contribution in [0.25, 0.3) is 0 Å². The molecular weight excluding hydrogens is 302 g/mol. The van der Waals surface area contributed by atoms with Crippen LogP contribution in [0.5, 0.6) is 0 Å². The number of hydrogen-bond acceptors (Lipinski definition) is 3. The molecule has 3 aliphatic rings. The van der Waals surface area contributed by atoms with Crippen molar-refractivity contribution in [3.63, 3.8) is 0 Å². The van der Waals surface area contributed by atoms with Crippen LogP contribution >= 0.6 is 0 Å². The Morgan fingerprint density at radius 2 is 1.46 bits per heavy atom. The monoisotopic (exact) mass is 335 g/mol. The zero-order valence-corrected chi connectivity index (χ0v) is 14.9. The SMILES string of the molecule is N[C@H]1CCCCC[C@@H]1C(=O)N1CCC(CC(=O)N2CCCC2)CC1. The van der Waals surface area contributed by atoms with Crippen LogP contribution in [0.3, 0.4) is 0 Å². The van der Waals surface area contributed by atoms with Gasteiger partial charge in [-0.1, -0.05) is 19.3 Å². The second kappa shape index (κ2) is 8.32. The third kappa shape index (κ3) is 4.29. The Kier molecular flexibility index (Phi) is 6.14. The highest BCUT2D eigenvalue weighted by atomic mass is 16.2. The van der Waals surface area contributed by atoms with Crippen molar-refractivity contribution in [1.29, 1.82) is 0 Å². The second-order valence-electron chi connectivity index (χ2n) is 7.97. The van der Waals surface area contributed by atoms with Gasteiger partial charge in [-0.15, -0.1) is 0 Å². The number of piperidine rings is 1. The molecule has 5 heteroatoms. The first-order valence-electron chi connectivity index (χ1n) is 9.97. The lowest BCUT2D eigenvalue weighted by atomic mass is 9.89. The van der Waals surface area contributed by atoms with E-state index in [0.29, 0.717) is 18.2 Å². The Morgan fingerprint density at radius 1 is 0.792 bits per heavy atom. The van der Waals surface area contributed by atoms with Gasteiger partial charge in [0.25, 0.3) is 0 Å². The van der Waals surface area contributed by atoms with Gasteiger partial charge in [0.1, 0.15) is 0 Å². The van der Waals surface area contributed by atoms with E-state index in [-0.39, 0.29) is 17.9 Å². The van der Waals surface area contributed by atoms with E-state index >= 15 is 0 Å². The number of carbonyl (C=O) groups is 2. The highest BCUT2D eigenvalue weighted by molar-refractivity contribution is 5.80. The van der Waals surface area contributed by atoms with Crippen LogP contribution in [0.2, 0.25) is 0 Å². The molecule has 1 aliphatic carbocycles. The van der Waals surface area contributed by atoms with E-state index in [1.165, 1.54) is 6.42 Å². The first-order chi connectivity index (χ1) is 11.6. The molecule has 5 nitrogen and oxygen atoms in total. The summed E-state index contributed by atoms with van der Waals surface area (Å²) in [5.41, 5.74) is 6.25. The minimum absolute atomic E-state index is 0.0234. The van der Waals surface area contributed by atoms with E-state index in [4.69, 9.17) is 5.73 Å². The lowest BCUT2D eigenvalue weighted by Gasteiger charge is -2.35. The van der Waals surface area contributed by atoms with E-state index in [1.54, 1.807) is 0 Å². The number of likely N-dealkylation sites (tertiary alicyclic amines) is 2. The summed E-state index contributed by atoms with van der Waals surface area (Å²) in [5, 5.41) is 0. The van der Waals surface area contributed by atoms with Crippen molar-refractivity contribution in [3.05, 3.63) is 0 Å². The quantitative estimate of drug-likeness (QED) is 0.804. The van der Waals surface area contributed by atoms with Crippen LogP contribution in [0.4, 0.5) is 0 Å². The Morgan fingerprint density at radius 3 is 2.17 bits per heavy atom. The summed E-state index contributed by atoms with van der Waals surface area (Å²) in [4.78, 5) is 29.1. The van der Waals surface area contributed by atoms with Crippen LogP contribution in [0.1, 0.15) is 64.2 Å². The van der Waals surface area contributed by atoms with Crippen molar-refractivity contribution in [2.45, 2.75) is 70.3 Å². The van der Waals surface area contributed by atoms with Gasteiger partial charge in [0, 0.05) is 38.6 Å². The topological polar surface area (TPSA) is 66.6 Å². The Hall–Kier alpha value is -1.10. The van der Waals surface area contributed by atoms with Crippen LogP contribution < -0.4 is 5.73 Å². The molecule has 2 N–H and O–H groups in total. The fraction of sp³-hybridized carbons (Fsp3) is 0.895. The highest BCUT2D eigenvalue weighted by Crippen LogP contribution is 2.28. The summed E-state index contributed by atoms with van der Waals surface area (Å²) in [6.07, 6.45) is 10.3. The normalized spacial score (nSPS) is 29.5. The average Bonchev–Trinajstić information content (AvgIpc) is 3.04. The Balaban J connectivity index is 1.45. The van der Waals surface area contributed by atoms with Gasteiger partial charge in [-0.3, -0.25) is 9.59 Å².